The fourth-order valence-electron chi connectivity index (χ4n) is 3.34. The molecule has 2 aliphatic heterocycles. The highest BCUT2D eigenvalue weighted by atomic mass is 16.6. The van der Waals surface area contributed by atoms with Crippen LogP contribution in [0.2, 0.25) is 0 Å². The number of hydrogen-bond acceptors (Lipinski definition) is 5. The van der Waals surface area contributed by atoms with Crippen molar-refractivity contribution in [3.05, 3.63) is 22.2 Å². The quantitative estimate of drug-likeness (QED) is 0.866. The van der Waals surface area contributed by atoms with E-state index in [1.807, 2.05) is 0 Å². The Hall–Kier alpha value is -1.40. The van der Waals surface area contributed by atoms with Gasteiger partial charge in [0.15, 0.2) is 0 Å². The van der Waals surface area contributed by atoms with E-state index >= 15 is 0 Å². The third-order valence-electron chi connectivity index (χ3n) is 4.68. The maximum absolute atomic E-state index is 11.7. The summed E-state index contributed by atoms with van der Waals surface area (Å²) in [7, 11) is 0. The topological polar surface area (TPSA) is 76.2 Å². The fraction of sp³-hybridized carbons (Fsp3) is 0.733. The minimum absolute atomic E-state index is 0.00412. The van der Waals surface area contributed by atoms with Gasteiger partial charge in [-0.2, -0.15) is 4.98 Å². The van der Waals surface area contributed by atoms with Crippen molar-refractivity contribution in [1.29, 1.82) is 0 Å². The molecule has 4 rings (SSSR count). The molecule has 1 unspecified atom stereocenters. The van der Waals surface area contributed by atoms with Crippen molar-refractivity contribution in [3.8, 4) is 5.88 Å². The molecule has 6 nitrogen and oxygen atoms in total. The van der Waals surface area contributed by atoms with Crippen LogP contribution < -0.4 is 15.6 Å². The molecule has 2 saturated heterocycles. The molecule has 3 heterocycles. The summed E-state index contributed by atoms with van der Waals surface area (Å²) in [5, 5.41) is 3.36. The van der Waals surface area contributed by atoms with Crippen molar-refractivity contribution in [3.63, 3.8) is 0 Å². The summed E-state index contributed by atoms with van der Waals surface area (Å²) < 4.78 is 11.9. The molecule has 0 radical (unpaired) electrons. The molecule has 1 aromatic heterocycles. The van der Waals surface area contributed by atoms with Crippen LogP contribution in [0.5, 0.6) is 5.88 Å². The number of aromatic amines is 1. The molecular formula is C15H21N3O3. The Labute approximate surface area is 123 Å². The Balaban J connectivity index is 1.45. The summed E-state index contributed by atoms with van der Waals surface area (Å²) in [4.78, 5) is 18.9. The van der Waals surface area contributed by atoms with Crippen molar-refractivity contribution in [1.82, 2.24) is 15.3 Å². The molecule has 1 atom stereocenters. The van der Waals surface area contributed by atoms with Crippen molar-refractivity contribution < 1.29 is 9.47 Å². The van der Waals surface area contributed by atoms with Gasteiger partial charge in [-0.3, -0.25) is 4.79 Å². The lowest BCUT2D eigenvalue weighted by Crippen LogP contribution is -2.41. The van der Waals surface area contributed by atoms with Gasteiger partial charge >= 0.3 is 0 Å². The first-order valence-corrected chi connectivity index (χ1v) is 7.85. The Kier molecular flexibility index (Phi) is 3.23. The van der Waals surface area contributed by atoms with Gasteiger partial charge in [-0.05, 0) is 38.8 Å². The highest BCUT2D eigenvalue weighted by Gasteiger charge is 2.42. The van der Waals surface area contributed by atoms with Gasteiger partial charge < -0.3 is 19.8 Å². The Bertz CT molecular complexity index is 576. The van der Waals surface area contributed by atoms with Crippen LogP contribution in [0, 0.1) is 0 Å². The van der Waals surface area contributed by atoms with Crippen molar-refractivity contribution in [2.24, 2.45) is 0 Å². The van der Waals surface area contributed by atoms with E-state index in [1.165, 1.54) is 6.07 Å². The van der Waals surface area contributed by atoms with E-state index in [0.29, 0.717) is 18.4 Å². The molecule has 1 saturated carbocycles. The van der Waals surface area contributed by atoms with E-state index in [-0.39, 0.29) is 17.3 Å². The molecule has 3 aliphatic rings. The predicted molar refractivity (Wildman–Crippen MR) is 76.7 cm³/mol. The summed E-state index contributed by atoms with van der Waals surface area (Å²) in [5.74, 6) is 1.63. The van der Waals surface area contributed by atoms with E-state index in [1.54, 1.807) is 0 Å². The van der Waals surface area contributed by atoms with E-state index in [4.69, 9.17) is 9.47 Å². The van der Waals surface area contributed by atoms with Gasteiger partial charge in [0, 0.05) is 12.3 Å². The maximum atomic E-state index is 11.7. The van der Waals surface area contributed by atoms with Crippen LogP contribution in [0.3, 0.4) is 0 Å². The zero-order valence-corrected chi connectivity index (χ0v) is 12.1. The smallest absolute Gasteiger partial charge is 0.254 e. The summed E-state index contributed by atoms with van der Waals surface area (Å²) in [6, 6.07) is 1.44. The molecule has 0 aromatic carbocycles. The average molecular weight is 291 g/mol. The van der Waals surface area contributed by atoms with Crippen molar-refractivity contribution in [2.45, 2.75) is 49.7 Å². The second-order valence-corrected chi connectivity index (χ2v) is 6.43. The number of ether oxygens (including phenoxy) is 2. The predicted octanol–water partition coefficient (Wildman–Crippen LogP) is 0.937. The van der Waals surface area contributed by atoms with Gasteiger partial charge in [-0.15, -0.1) is 0 Å². The van der Waals surface area contributed by atoms with Crippen LogP contribution in [0.15, 0.2) is 10.9 Å². The lowest BCUT2D eigenvalue weighted by molar-refractivity contribution is -0.0205. The van der Waals surface area contributed by atoms with Gasteiger partial charge in [0.1, 0.15) is 11.9 Å². The van der Waals surface area contributed by atoms with E-state index in [2.05, 4.69) is 15.3 Å². The normalized spacial score (nSPS) is 27.9. The summed E-state index contributed by atoms with van der Waals surface area (Å²) in [6.07, 6.45) is 5.17. The molecule has 1 aromatic rings. The molecule has 0 amide bonds. The molecule has 0 bridgehead atoms. The molecule has 21 heavy (non-hydrogen) atoms. The first-order valence-electron chi connectivity index (χ1n) is 7.85. The lowest BCUT2D eigenvalue weighted by Gasteiger charge is -2.32. The minimum Gasteiger partial charge on any atom is -0.472 e. The van der Waals surface area contributed by atoms with E-state index in [0.717, 1.165) is 51.0 Å². The number of piperidine rings is 1. The van der Waals surface area contributed by atoms with E-state index < -0.39 is 0 Å². The van der Waals surface area contributed by atoms with Crippen LogP contribution in [0.1, 0.15) is 43.8 Å². The molecule has 1 spiro atoms. The fourth-order valence-corrected chi connectivity index (χ4v) is 3.34. The SMILES string of the molecule is O=c1cc(OC2COC3(CCNCC3)C2)nc(C2CC2)[nH]1. The highest BCUT2D eigenvalue weighted by Crippen LogP contribution is 2.38. The van der Waals surface area contributed by atoms with Crippen LogP contribution >= 0.6 is 0 Å². The maximum Gasteiger partial charge on any atom is 0.254 e. The van der Waals surface area contributed by atoms with Crippen molar-refractivity contribution in [2.75, 3.05) is 19.7 Å². The standard InChI is InChI=1S/C15H21N3O3/c19-12-7-13(18-14(17-12)10-1-2-10)21-11-8-15(20-9-11)3-5-16-6-4-15/h7,10-11,16H,1-6,8-9H2,(H,17,18,19). The Morgan fingerprint density at radius 1 is 1.33 bits per heavy atom. The minimum atomic E-state index is -0.127. The zero-order valence-electron chi connectivity index (χ0n) is 12.1. The molecule has 2 N–H and O–H groups in total. The number of hydrogen-bond donors (Lipinski definition) is 2. The van der Waals surface area contributed by atoms with Gasteiger partial charge in [0.05, 0.1) is 18.3 Å². The number of rotatable bonds is 3. The third kappa shape index (κ3) is 2.82. The first kappa shape index (κ1) is 13.3. The molecule has 1 aliphatic carbocycles. The summed E-state index contributed by atoms with van der Waals surface area (Å²) >= 11 is 0. The number of H-pyrrole nitrogens is 1. The van der Waals surface area contributed by atoms with Gasteiger partial charge in [-0.25, -0.2) is 0 Å². The molecular weight excluding hydrogens is 270 g/mol. The average Bonchev–Trinajstić information content (AvgIpc) is 3.25. The molecule has 3 fully saturated rings. The lowest BCUT2D eigenvalue weighted by atomic mass is 9.89. The van der Waals surface area contributed by atoms with E-state index in [9.17, 15) is 4.79 Å². The molecule has 6 heteroatoms. The first-order chi connectivity index (χ1) is 10.2. The Morgan fingerprint density at radius 2 is 2.14 bits per heavy atom. The third-order valence-corrected chi connectivity index (χ3v) is 4.68. The van der Waals surface area contributed by atoms with Gasteiger partial charge in [-0.1, -0.05) is 0 Å². The van der Waals surface area contributed by atoms with Crippen LogP contribution in [-0.4, -0.2) is 41.4 Å². The monoisotopic (exact) mass is 291 g/mol. The zero-order chi connectivity index (χ0) is 14.3. The van der Waals surface area contributed by atoms with Crippen molar-refractivity contribution >= 4 is 0 Å². The van der Waals surface area contributed by atoms with Gasteiger partial charge in [0.2, 0.25) is 5.88 Å². The van der Waals surface area contributed by atoms with Crippen LogP contribution in [0.25, 0.3) is 0 Å². The summed E-state index contributed by atoms with van der Waals surface area (Å²) in [5.41, 5.74) is -0.159. The molecule has 114 valence electrons. The largest absolute Gasteiger partial charge is 0.472 e. The number of nitrogens with one attached hydrogen (secondary N) is 2. The Morgan fingerprint density at radius 3 is 2.90 bits per heavy atom. The second kappa shape index (κ2) is 5.10. The number of aromatic nitrogens is 2. The summed E-state index contributed by atoms with van der Waals surface area (Å²) in [6.45, 7) is 2.59. The highest BCUT2D eigenvalue weighted by molar-refractivity contribution is 5.14. The number of nitrogens with zero attached hydrogens (tertiary/aromatic N) is 1. The van der Waals surface area contributed by atoms with Crippen LogP contribution in [0.4, 0.5) is 0 Å². The van der Waals surface area contributed by atoms with Gasteiger partial charge in [0.25, 0.3) is 5.56 Å². The van der Waals surface area contributed by atoms with Crippen LogP contribution in [-0.2, 0) is 4.74 Å². The second-order valence-electron chi connectivity index (χ2n) is 6.43.